The molecule has 0 aliphatic heterocycles. The number of unbranched alkanes of at least 4 members (excludes halogenated alkanes) is 1. The summed E-state index contributed by atoms with van der Waals surface area (Å²) in [5.41, 5.74) is 2.41. The number of aryl methyl sites for hydroxylation is 1. The molecule has 0 aliphatic rings. The molecule has 0 aromatic heterocycles. The van der Waals surface area contributed by atoms with Crippen molar-refractivity contribution in [2.45, 2.75) is 59.5 Å². The summed E-state index contributed by atoms with van der Waals surface area (Å²) in [6.07, 6.45) is 3.13. The average molecular weight is 516 g/mol. The van der Waals surface area contributed by atoms with Gasteiger partial charge in [-0.3, -0.25) is 18.7 Å². The fourth-order valence-electron chi connectivity index (χ4n) is 3.93. The van der Waals surface area contributed by atoms with E-state index >= 15 is 0 Å². The lowest BCUT2D eigenvalue weighted by Gasteiger charge is -2.33. The van der Waals surface area contributed by atoms with E-state index in [9.17, 15) is 22.8 Å². The Balaban J connectivity index is 2.44. The highest BCUT2D eigenvalue weighted by atomic mass is 32.2. The van der Waals surface area contributed by atoms with Gasteiger partial charge in [0.15, 0.2) is 5.78 Å². The van der Waals surface area contributed by atoms with E-state index in [-0.39, 0.29) is 23.9 Å². The van der Waals surface area contributed by atoms with Crippen molar-refractivity contribution in [2.75, 3.05) is 23.7 Å². The summed E-state index contributed by atoms with van der Waals surface area (Å²) in [5, 5.41) is 2.90. The molecule has 2 aromatic rings. The van der Waals surface area contributed by atoms with Gasteiger partial charge in [0.25, 0.3) is 0 Å². The molecule has 9 heteroatoms. The summed E-state index contributed by atoms with van der Waals surface area (Å²) in [6.45, 7) is 7.35. The summed E-state index contributed by atoms with van der Waals surface area (Å²) < 4.78 is 26.4. The zero-order valence-electron chi connectivity index (χ0n) is 21.8. The van der Waals surface area contributed by atoms with Crippen LogP contribution in [0.4, 0.5) is 5.69 Å². The van der Waals surface area contributed by atoms with Gasteiger partial charge in [-0.2, -0.15) is 0 Å². The van der Waals surface area contributed by atoms with Gasteiger partial charge in [0.2, 0.25) is 21.8 Å². The Labute approximate surface area is 214 Å². The van der Waals surface area contributed by atoms with Crippen LogP contribution in [0.25, 0.3) is 0 Å². The van der Waals surface area contributed by atoms with Crippen LogP contribution in [0, 0.1) is 6.92 Å². The number of nitrogens with zero attached hydrogens (tertiary/aromatic N) is 2. The molecular weight excluding hydrogens is 478 g/mol. The number of carbonyl (C=O) groups excluding carboxylic acids is 3. The predicted octanol–water partition coefficient (Wildman–Crippen LogP) is 3.69. The molecule has 0 saturated heterocycles. The minimum Gasteiger partial charge on any atom is -0.354 e. The van der Waals surface area contributed by atoms with Crippen molar-refractivity contribution in [1.29, 1.82) is 0 Å². The summed E-state index contributed by atoms with van der Waals surface area (Å²) in [6, 6.07) is 13.0. The summed E-state index contributed by atoms with van der Waals surface area (Å²) in [4.78, 5) is 40.0. The Morgan fingerprint density at radius 3 is 2.31 bits per heavy atom. The number of ketones is 1. The van der Waals surface area contributed by atoms with E-state index in [4.69, 9.17) is 0 Å². The van der Waals surface area contributed by atoms with Crippen molar-refractivity contribution in [3.63, 3.8) is 0 Å². The molecule has 1 atom stereocenters. The van der Waals surface area contributed by atoms with Crippen LogP contribution < -0.4 is 9.62 Å². The number of anilines is 1. The Morgan fingerprint density at radius 2 is 1.72 bits per heavy atom. The summed E-state index contributed by atoms with van der Waals surface area (Å²) in [5.74, 6) is -0.989. The molecule has 8 nitrogen and oxygen atoms in total. The van der Waals surface area contributed by atoms with E-state index < -0.39 is 28.5 Å². The predicted molar refractivity (Wildman–Crippen MR) is 142 cm³/mol. The first-order chi connectivity index (χ1) is 17.0. The number of hydrogen-bond donors (Lipinski definition) is 1. The number of amides is 2. The lowest BCUT2D eigenvalue weighted by atomic mass is 10.1. The van der Waals surface area contributed by atoms with Crippen LogP contribution in [-0.4, -0.2) is 56.3 Å². The number of nitrogens with one attached hydrogen (secondary N) is 1. The highest BCUT2D eigenvalue weighted by Gasteiger charge is 2.31. The van der Waals surface area contributed by atoms with Crippen LogP contribution in [0.3, 0.4) is 0 Å². The molecule has 0 fully saturated rings. The molecule has 196 valence electrons. The third-order valence-corrected chi connectivity index (χ3v) is 7.01. The smallest absolute Gasteiger partial charge is 0.244 e. The molecule has 2 aromatic carbocycles. The van der Waals surface area contributed by atoms with Crippen LogP contribution >= 0.6 is 0 Å². The summed E-state index contributed by atoms with van der Waals surface area (Å²) in [7, 11) is -3.86. The minimum absolute atomic E-state index is 0.158. The normalized spacial score (nSPS) is 12.0. The highest BCUT2D eigenvalue weighted by Crippen LogP contribution is 2.21. The maximum absolute atomic E-state index is 13.7. The molecule has 0 heterocycles. The molecule has 0 spiro atoms. The molecule has 0 saturated carbocycles. The van der Waals surface area contributed by atoms with Crippen LogP contribution in [-0.2, 0) is 26.2 Å². The van der Waals surface area contributed by atoms with Crippen LogP contribution in [0.5, 0.6) is 0 Å². The first-order valence-corrected chi connectivity index (χ1v) is 14.0. The molecule has 0 aliphatic carbocycles. The van der Waals surface area contributed by atoms with Gasteiger partial charge in [-0.15, -0.1) is 0 Å². The highest BCUT2D eigenvalue weighted by molar-refractivity contribution is 7.92. The van der Waals surface area contributed by atoms with Gasteiger partial charge >= 0.3 is 0 Å². The van der Waals surface area contributed by atoms with E-state index in [1.54, 1.807) is 18.2 Å². The molecule has 0 bridgehead atoms. The molecule has 2 rings (SSSR count). The Bertz CT molecular complexity index is 1180. The molecule has 1 N–H and O–H groups in total. The van der Waals surface area contributed by atoms with Gasteiger partial charge in [0, 0.05) is 18.7 Å². The van der Waals surface area contributed by atoms with Crippen molar-refractivity contribution in [3.05, 3.63) is 65.2 Å². The second-order valence-corrected chi connectivity index (χ2v) is 10.9. The standard InChI is InChI=1S/C27H37N3O5S/c1-6-8-15-28-27(33)25(7-2)29(18-22-12-9-11-20(3)16-22)26(32)19-30(36(5,34)35)24-14-10-13-23(17-24)21(4)31/h9-14,16-17,25H,6-8,15,18-19H2,1-5H3,(H,28,33)/t25-/m0/s1. The second kappa shape index (κ2) is 13.2. The Morgan fingerprint density at radius 1 is 1.03 bits per heavy atom. The van der Waals surface area contributed by atoms with Crippen LogP contribution in [0.15, 0.2) is 48.5 Å². The number of carbonyl (C=O) groups is 3. The van der Waals surface area contributed by atoms with E-state index in [1.165, 1.54) is 17.9 Å². The number of benzene rings is 2. The molecule has 0 radical (unpaired) electrons. The number of sulfonamides is 1. The lowest BCUT2D eigenvalue weighted by molar-refractivity contribution is -0.140. The minimum atomic E-state index is -3.86. The molecular formula is C27H37N3O5S. The monoisotopic (exact) mass is 515 g/mol. The van der Waals surface area contributed by atoms with E-state index in [0.717, 1.165) is 34.5 Å². The number of rotatable bonds is 13. The maximum Gasteiger partial charge on any atom is 0.244 e. The largest absolute Gasteiger partial charge is 0.354 e. The second-order valence-electron chi connectivity index (χ2n) is 8.96. The van der Waals surface area contributed by atoms with Crippen LogP contribution in [0.1, 0.15) is 61.5 Å². The average Bonchev–Trinajstić information content (AvgIpc) is 2.81. The Hall–Kier alpha value is -3.20. The fraction of sp³-hybridized carbons (Fsp3) is 0.444. The van der Waals surface area contributed by atoms with Gasteiger partial charge < -0.3 is 10.2 Å². The molecule has 36 heavy (non-hydrogen) atoms. The topological polar surface area (TPSA) is 104 Å². The van der Waals surface area contributed by atoms with Gasteiger partial charge in [-0.1, -0.05) is 62.2 Å². The van der Waals surface area contributed by atoms with E-state index in [0.29, 0.717) is 18.5 Å². The van der Waals surface area contributed by atoms with Crippen LogP contribution in [0.2, 0.25) is 0 Å². The van der Waals surface area contributed by atoms with Crippen molar-refractivity contribution in [3.8, 4) is 0 Å². The lowest BCUT2D eigenvalue weighted by Crippen LogP contribution is -2.52. The SMILES string of the molecule is CCCCNC(=O)[C@H](CC)N(Cc1cccc(C)c1)C(=O)CN(c1cccc(C(C)=O)c1)S(C)(=O)=O. The first-order valence-electron chi connectivity index (χ1n) is 12.2. The number of Topliss-reactive ketones (excluding diaryl/α,β-unsaturated/α-hetero) is 1. The van der Waals surface area contributed by atoms with E-state index in [2.05, 4.69) is 5.32 Å². The van der Waals surface area contributed by atoms with Gasteiger partial charge in [-0.05, 0) is 44.4 Å². The van der Waals surface area contributed by atoms with Crippen molar-refractivity contribution < 1.29 is 22.8 Å². The molecule has 2 amide bonds. The Kier molecular flexibility index (Phi) is 10.6. The van der Waals surface area contributed by atoms with Crippen molar-refractivity contribution in [2.24, 2.45) is 0 Å². The maximum atomic E-state index is 13.7. The van der Waals surface area contributed by atoms with Gasteiger partial charge in [0.1, 0.15) is 12.6 Å². The van der Waals surface area contributed by atoms with Crippen molar-refractivity contribution >= 4 is 33.3 Å². The molecule has 0 unspecified atom stereocenters. The van der Waals surface area contributed by atoms with Gasteiger partial charge in [-0.25, -0.2) is 8.42 Å². The first kappa shape index (κ1) is 29.0. The van der Waals surface area contributed by atoms with Crippen molar-refractivity contribution in [1.82, 2.24) is 10.2 Å². The van der Waals surface area contributed by atoms with E-state index in [1.807, 2.05) is 45.0 Å². The number of hydrogen-bond acceptors (Lipinski definition) is 5. The zero-order chi connectivity index (χ0) is 26.9. The summed E-state index contributed by atoms with van der Waals surface area (Å²) >= 11 is 0. The third-order valence-electron chi connectivity index (χ3n) is 5.87. The fourth-order valence-corrected chi connectivity index (χ4v) is 4.77. The quantitative estimate of drug-likeness (QED) is 0.324. The van der Waals surface area contributed by atoms with Gasteiger partial charge in [0.05, 0.1) is 11.9 Å². The zero-order valence-corrected chi connectivity index (χ0v) is 22.6. The third kappa shape index (κ3) is 8.19.